The molecule has 3 aromatic heterocycles. The first-order valence-corrected chi connectivity index (χ1v) is 24.2. The van der Waals surface area contributed by atoms with Gasteiger partial charge in [0.05, 0.1) is 42.4 Å². The van der Waals surface area contributed by atoms with Gasteiger partial charge in [-0.3, -0.25) is 0 Å². The summed E-state index contributed by atoms with van der Waals surface area (Å²) in [5.74, 6) is 0. The fraction of sp³-hybridized carbons (Fsp3) is 0. The number of fused-ring (bicyclic) bond motifs is 8. The zero-order chi connectivity index (χ0) is 45.3. The maximum atomic E-state index is 11.9. The predicted octanol–water partition coefficient (Wildman–Crippen LogP) is -5.79. The Bertz CT molecular complexity index is 3330. The van der Waals surface area contributed by atoms with Crippen LogP contribution in [-0.4, -0.2) is 61.9 Å². The van der Waals surface area contributed by atoms with E-state index in [9.17, 15) is 51.9 Å². The third-order valence-corrected chi connectivity index (χ3v) is 13.7. The quantitative estimate of drug-likeness (QED) is 0.101. The molecule has 0 fully saturated rings. The molecule has 0 amide bonds. The van der Waals surface area contributed by atoms with Gasteiger partial charge < -0.3 is 28.2 Å². The van der Waals surface area contributed by atoms with E-state index in [0.717, 1.165) is 48.5 Å². The number of nitrogens with zero attached hydrogens (tertiary/aromatic N) is 4. The van der Waals surface area contributed by atoms with Crippen molar-refractivity contribution in [3.63, 3.8) is 0 Å². The van der Waals surface area contributed by atoms with Crippen LogP contribution in [0.4, 0.5) is 0 Å². The standard InChI is InChI=1S/C44H28N4O12S4.Cu.4Na/c49-61(50,51)29-9-1-25(2-10-29)41-33-17-19-35(45-33)42(26-3-11-30(12-4-26)62(52,53)54)37-21-23-39(47-37)44(28-7-15-32(16-8-28)64(58,59)60)40-24-22-38(48-40)43(36-20-18-34(41)46-36)27-5-13-31(14-6-27)63(55,56)57;;;;;/h1-24H,(H,49,50,51)(H,52,53,54)(H,55,56,57)(H,58,59,60);;;;;/q-2;+2;4*+1/p-4. The minimum atomic E-state index is -4.82. The summed E-state index contributed by atoms with van der Waals surface area (Å²) < 4.78 is 143. The van der Waals surface area contributed by atoms with Gasteiger partial charge in [0.15, 0.2) is 0 Å². The van der Waals surface area contributed by atoms with E-state index in [2.05, 4.69) is 0 Å². The molecule has 0 saturated heterocycles. The number of aromatic nitrogens is 4. The summed E-state index contributed by atoms with van der Waals surface area (Å²) in [6, 6.07) is 27.2. The Kier molecular flexibility index (Phi) is 19.6. The molecule has 0 N–H and O–H groups in total. The maximum Gasteiger partial charge on any atom is 2.00 e. The van der Waals surface area contributed by atoms with Gasteiger partial charge in [-0.2, -0.15) is 0 Å². The van der Waals surface area contributed by atoms with Crippen LogP contribution in [0.2, 0.25) is 0 Å². The van der Waals surface area contributed by atoms with E-state index in [1.54, 1.807) is 48.6 Å². The molecule has 0 unspecified atom stereocenters. The van der Waals surface area contributed by atoms with Crippen molar-refractivity contribution in [1.29, 1.82) is 0 Å². The maximum absolute atomic E-state index is 11.9. The van der Waals surface area contributed by atoms with Crippen LogP contribution in [-0.2, 0) is 57.5 Å². The molecular formula is C44H24CuN4Na4O12S4. The summed E-state index contributed by atoms with van der Waals surface area (Å²) in [5, 5.41) is 0. The molecule has 16 nitrogen and oxygen atoms in total. The van der Waals surface area contributed by atoms with Gasteiger partial charge in [-0.05, 0) is 117 Å². The van der Waals surface area contributed by atoms with Crippen molar-refractivity contribution in [3.05, 3.63) is 144 Å². The van der Waals surface area contributed by atoms with Crippen molar-refractivity contribution in [2.24, 2.45) is 0 Å². The van der Waals surface area contributed by atoms with E-state index in [0.29, 0.717) is 89.4 Å². The van der Waals surface area contributed by atoms with E-state index >= 15 is 0 Å². The fourth-order valence-corrected chi connectivity index (χ4v) is 9.30. The van der Waals surface area contributed by atoms with Crippen molar-refractivity contribution in [1.82, 2.24) is 19.9 Å². The molecule has 2 aliphatic rings. The normalized spacial score (nSPS) is 12.1. The Hall–Kier alpha value is -2.36. The first-order chi connectivity index (χ1) is 30.2. The van der Waals surface area contributed by atoms with Gasteiger partial charge >= 0.3 is 135 Å². The fourth-order valence-electron chi connectivity index (χ4n) is 7.42. The van der Waals surface area contributed by atoms with Gasteiger partial charge in [-0.25, -0.2) is 43.6 Å². The molecule has 4 aromatic carbocycles. The molecule has 0 saturated carbocycles. The monoisotopic (exact) mass is 1080 g/mol. The van der Waals surface area contributed by atoms with E-state index in [1.165, 1.54) is 48.5 Å². The van der Waals surface area contributed by atoms with Gasteiger partial charge in [-0.15, -0.1) is 22.1 Å². The van der Waals surface area contributed by atoms with Crippen LogP contribution in [0.15, 0.2) is 141 Å². The molecule has 69 heavy (non-hydrogen) atoms. The second kappa shape index (κ2) is 22.8. The van der Waals surface area contributed by atoms with Gasteiger partial charge in [0, 0.05) is 0 Å². The Morgan fingerprint density at radius 3 is 0.638 bits per heavy atom. The third-order valence-electron chi connectivity index (χ3n) is 10.3. The van der Waals surface area contributed by atoms with Crippen LogP contribution in [0.25, 0.3) is 90.9 Å². The molecule has 25 heteroatoms. The molecule has 1 radical (unpaired) electrons. The van der Waals surface area contributed by atoms with Crippen LogP contribution >= 0.6 is 0 Å². The SMILES string of the molecule is O=S(=O)([O-])c1ccc(-c2c3nc(c(-c4ccc(S(=O)(=O)[O-])cc4)c4ccc([n-]4)c(-c4ccc(S(=O)(=O)[O-])cc4)c4nc(c(-c5ccc(S(=O)(=O)[O-])cc5)c5ccc2[n-]5)C=C4)C=C3)cc1.[Cu+2].[Na+].[Na+].[Na+].[Na+]. The topological polar surface area (TPSA) is 283 Å². The van der Waals surface area contributed by atoms with E-state index in [4.69, 9.17) is 19.9 Å². The minimum absolute atomic E-state index is 0. The summed E-state index contributed by atoms with van der Waals surface area (Å²) in [4.78, 5) is 18.0. The third kappa shape index (κ3) is 12.5. The van der Waals surface area contributed by atoms with Crippen molar-refractivity contribution in [3.8, 4) is 44.5 Å². The van der Waals surface area contributed by atoms with Crippen LogP contribution in [0, 0.1) is 0 Å². The average molecular weight is 1080 g/mol. The largest absolute Gasteiger partial charge is 2.00 e. The van der Waals surface area contributed by atoms with Crippen molar-refractivity contribution in [2.75, 3.05) is 0 Å². The number of benzene rings is 4. The van der Waals surface area contributed by atoms with Crippen molar-refractivity contribution in [2.45, 2.75) is 19.6 Å². The first kappa shape index (κ1) is 59.2. The Labute approximate surface area is 495 Å². The summed E-state index contributed by atoms with van der Waals surface area (Å²) >= 11 is 0. The van der Waals surface area contributed by atoms with E-state index < -0.39 is 60.1 Å². The second-order valence-electron chi connectivity index (χ2n) is 14.3. The molecule has 331 valence electrons. The van der Waals surface area contributed by atoms with Crippen molar-refractivity contribution < 1.29 is 187 Å². The van der Waals surface area contributed by atoms with E-state index in [1.807, 2.05) is 0 Å². The zero-order valence-corrected chi connectivity index (χ0v) is 48.7. The van der Waals surface area contributed by atoms with Crippen LogP contribution in [0.5, 0.6) is 0 Å². The van der Waals surface area contributed by atoms with Gasteiger partial charge in [0.25, 0.3) is 0 Å². The molecule has 0 aliphatic carbocycles. The van der Waals surface area contributed by atoms with Crippen molar-refractivity contribution >= 4 is 86.8 Å². The summed E-state index contributed by atoms with van der Waals surface area (Å²) in [5.41, 5.74) is 5.63. The summed E-state index contributed by atoms with van der Waals surface area (Å²) in [7, 11) is -19.3. The van der Waals surface area contributed by atoms with Gasteiger partial charge in [0.1, 0.15) is 40.5 Å². The van der Waals surface area contributed by atoms with Crippen LogP contribution in [0.1, 0.15) is 22.8 Å². The molecule has 7 aromatic rings. The van der Waals surface area contributed by atoms with Crippen LogP contribution < -0.4 is 128 Å². The van der Waals surface area contributed by atoms with Gasteiger partial charge in [-0.1, -0.05) is 72.8 Å². The summed E-state index contributed by atoms with van der Waals surface area (Å²) in [6.45, 7) is 0. The Morgan fingerprint density at radius 1 is 0.304 bits per heavy atom. The Balaban J connectivity index is 0.00000207. The Morgan fingerprint density at radius 2 is 0.478 bits per heavy atom. The summed E-state index contributed by atoms with van der Waals surface area (Å²) in [6.07, 6.45) is 6.65. The molecule has 9 rings (SSSR count). The molecule has 2 aliphatic heterocycles. The minimum Gasteiger partial charge on any atom is -0.744 e. The van der Waals surface area contributed by atoms with Crippen LogP contribution in [0.3, 0.4) is 0 Å². The number of rotatable bonds is 8. The van der Waals surface area contributed by atoms with Gasteiger partial charge in [0.2, 0.25) is 0 Å². The second-order valence-corrected chi connectivity index (χ2v) is 19.8. The number of hydrogen-bond donors (Lipinski definition) is 0. The molecule has 8 bridgehead atoms. The first-order valence-electron chi connectivity index (χ1n) is 18.5. The zero-order valence-electron chi connectivity index (χ0n) is 36.5. The predicted molar refractivity (Wildman–Crippen MR) is 230 cm³/mol. The molecule has 0 atom stereocenters. The molecular weight excluding hydrogens is 1060 g/mol. The molecule has 0 spiro atoms. The number of hydrogen-bond acceptors (Lipinski definition) is 14. The molecule has 5 heterocycles. The van der Waals surface area contributed by atoms with E-state index in [-0.39, 0.29) is 135 Å². The average Bonchev–Trinajstić information content (AvgIpc) is 4.08. The smallest absolute Gasteiger partial charge is 0.744 e.